The van der Waals surface area contributed by atoms with E-state index in [1.807, 2.05) is 13.8 Å². The van der Waals surface area contributed by atoms with Crippen LogP contribution in [-0.4, -0.2) is 29.5 Å². The smallest absolute Gasteiger partial charge is 0.230 e. The van der Waals surface area contributed by atoms with Gasteiger partial charge in [0.1, 0.15) is 5.75 Å². The van der Waals surface area contributed by atoms with Crippen LogP contribution >= 0.6 is 0 Å². The molecule has 1 fully saturated rings. The van der Waals surface area contributed by atoms with Gasteiger partial charge in [-0.2, -0.15) is 0 Å². The highest BCUT2D eigenvalue weighted by molar-refractivity contribution is 6.29. The average Bonchev–Trinajstić information content (AvgIpc) is 2.72. The summed E-state index contributed by atoms with van der Waals surface area (Å²) in [6, 6.07) is 4.89. The molecule has 6 nitrogen and oxygen atoms in total. The Morgan fingerprint density at radius 1 is 1.13 bits per heavy atom. The van der Waals surface area contributed by atoms with Gasteiger partial charge >= 0.3 is 0 Å². The molecule has 1 aliphatic heterocycles. The molecule has 23 heavy (non-hydrogen) atoms. The van der Waals surface area contributed by atoms with Gasteiger partial charge in [-0.3, -0.25) is 24.5 Å². The zero-order valence-corrected chi connectivity index (χ0v) is 12.9. The summed E-state index contributed by atoms with van der Waals surface area (Å²) < 4.78 is 5.63. The van der Waals surface area contributed by atoms with Crippen LogP contribution in [0.15, 0.2) is 18.2 Å². The predicted octanol–water partition coefficient (Wildman–Crippen LogP) is 1.52. The SMILES string of the molecule is CC(C)Oc1cccc2c1C(=O)C(C1CCC(=O)NC1=O)C2=O. The van der Waals surface area contributed by atoms with Gasteiger partial charge in [0.15, 0.2) is 11.6 Å². The Morgan fingerprint density at radius 2 is 1.87 bits per heavy atom. The molecule has 2 unspecified atom stereocenters. The van der Waals surface area contributed by atoms with Crippen molar-refractivity contribution >= 4 is 23.4 Å². The summed E-state index contributed by atoms with van der Waals surface area (Å²) in [4.78, 5) is 48.7. The van der Waals surface area contributed by atoms with Crippen molar-refractivity contribution in [1.82, 2.24) is 5.32 Å². The highest BCUT2D eigenvalue weighted by atomic mass is 16.5. The number of benzene rings is 1. The van der Waals surface area contributed by atoms with Crippen molar-refractivity contribution in [2.75, 3.05) is 0 Å². The van der Waals surface area contributed by atoms with Crippen molar-refractivity contribution in [1.29, 1.82) is 0 Å². The van der Waals surface area contributed by atoms with Gasteiger partial charge in [0.2, 0.25) is 11.8 Å². The number of ether oxygens (including phenoxy) is 1. The lowest BCUT2D eigenvalue weighted by Crippen LogP contribution is -2.46. The summed E-state index contributed by atoms with van der Waals surface area (Å²) in [6.45, 7) is 3.66. The van der Waals surface area contributed by atoms with Gasteiger partial charge in [0.05, 0.1) is 23.5 Å². The maximum absolute atomic E-state index is 12.8. The molecule has 2 amide bonds. The molecule has 0 spiro atoms. The molecule has 1 N–H and O–H groups in total. The van der Waals surface area contributed by atoms with Crippen molar-refractivity contribution in [2.45, 2.75) is 32.8 Å². The highest BCUT2D eigenvalue weighted by Crippen LogP contribution is 2.39. The van der Waals surface area contributed by atoms with Crippen LogP contribution in [0, 0.1) is 11.8 Å². The van der Waals surface area contributed by atoms with Crippen LogP contribution in [0.3, 0.4) is 0 Å². The van der Waals surface area contributed by atoms with E-state index < -0.39 is 23.5 Å². The maximum atomic E-state index is 12.8. The van der Waals surface area contributed by atoms with Crippen LogP contribution in [0.2, 0.25) is 0 Å². The lowest BCUT2D eigenvalue weighted by molar-refractivity contribution is -0.137. The number of carbonyl (C=O) groups is 4. The zero-order chi connectivity index (χ0) is 16.7. The van der Waals surface area contributed by atoms with E-state index in [0.717, 1.165) is 0 Å². The number of ketones is 2. The number of hydrogen-bond donors (Lipinski definition) is 1. The Hall–Kier alpha value is -2.50. The summed E-state index contributed by atoms with van der Waals surface area (Å²) >= 11 is 0. The topological polar surface area (TPSA) is 89.5 Å². The Morgan fingerprint density at radius 3 is 2.52 bits per heavy atom. The molecule has 120 valence electrons. The lowest BCUT2D eigenvalue weighted by Gasteiger charge is -2.24. The fraction of sp³-hybridized carbons (Fsp3) is 0.412. The molecule has 2 atom stereocenters. The van der Waals surface area contributed by atoms with E-state index in [4.69, 9.17) is 4.74 Å². The number of nitrogens with one attached hydrogen (secondary N) is 1. The predicted molar refractivity (Wildman–Crippen MR) is 80.2 cm³/mol. The quantitative estimate of drug-likeness (QED) is 0.675. The Bertz CT molecular complexity index is 722. The second-order valence-corrected chi connectivity index (χ2v) is 6.11. The van der Waals surface area contributed by atoms with Gasteiger partial charge in [0.25, 0.3) is 0 Å². The average molecular weight is 315 g/mol. The third-order valence-corrected chi connectivity index (χ3v) is 4.15. The van der Waals surface area contributed by atoms with E-state index >= 15 is 0 Å². The van der Waals surface area contributed by atoms with E-state index in [2.05, 4.69) is 5.32 Å². The largest absolute Gasteiger partial charge is 0.490 e. The van der Waals surface area contributed by atoms with E-state index in [1.165, 1.54) is 0 Å². The first-order valence-electron chi connectivity index (χ1n) is 7.62. The monoisotopic (exact) mass is 315 g/mol. The molecule has 1 aromatic rings. The normalized spacial score (nSPS) is 24.0. The van der Waals surface area contributed by atoms with Gasteiger partial charge in [-0.15, -0.1) is 0 Å². The summed E-state index contributed by atoms with van der Waals surface area (Å²) in [5.41, 5.74) is 0.545. The van der Waals surface area contributed by atoms with Crippen LogP contribution in [0.25, 0.3) is 0 Å². The number of hydrogen-bond acceptors (Lipinski definition) is 5. The van der Waals surface area contributed by atoms with E-state index in [-0.39, 0.29) is 36.2 Å². The third kappa shape index (κ3) is 2.54. The molecule has 3 rings (SSSR count). The first kappa shape index (κ1) is 15.4. The van der Waals surface area contributed by atoms with Crippen molar-refractivity contribution in [2.24, 2.45) is 11.8 Å². The first-order chi connectivity index (χ1) is 10.9. The molecule has 1 aliphatic carbocycles. The molecular weight excluding hydrogens is 298 g/mol. The summed E-state index contributed by atoms with van der Waals surface area (Å²) in [6.07, 6.45) is 0.208. The summed E-state index contributed by atoms with van der Waals surface area (Å²) in [5, 5.41) is 2.21. The first-order valence-corrected chi connectivity index (χ1v) is 7.62. The third-order valence-electron chi connectivity index (χ3n) is 4.15. The van der Waals surface area contributed by atoms with Crippen molar-refractivity contribution in [3.8, 4) is 5.75 Å². The lowest BCUT2D eigenvalue weighted by atomic mass is 9.82. The highest BCUT2D eigenvalue weighted by Gasteiger charge is 2.48. The van der Waals surface area contributed by atoms with Gasteiger partial charge in [0, 0.05) is 12.0 Å². The molecule has 1 aromatic carbocycles. The molecule has 0 aromatic heterocycles. The van der Waals surface area contributed by atoms with E-state index in [9.17, 15) is 19.2 Å². The zero-order valence-electron chi connectivity index (χ0n) is 12.9. The Kier molecular flexibility index (Phi) is 3.75. The van der Waals surface area contributed by atoms with Gasteiger partial charge in [-0.25, -0.2) is 0 Å². The number of carbonyl (C=O) groups excluding carboxylic acids is 4. The van der Waals surface area contributed by atoms with Crippen LogP contribution in [0.5, 0.6) is 5.75 Å². The van der Waals surface area contributed by atoms with Crippen molar-refractivity contribution < 1.29 is 23.9 Å². The van der Waals surface area contributed by atoms with Crippen molar-refractivity contribution in [3.05, 3.63) is 29.3 Å². The minimum atomic E-state index is -1.06. The van der Waals surface area contributed by atoms with E-state index in [0.29, 0.717) is 11.3 Å². The molecular formula is C17H17NO5. The minimum Gasteiger partial charge on any atom is -0.490 e. The molecule has 0 radical (unpaired) electrons. The maximum Gasteiger partial charge on any atom is 0.230 e. The second kappa shape index (κ2) is 5.61. The number of rotatable bonds is 3. The fourth-order valence-corrected chi connectivity index (χ4v) is 3.18. The standard InChI is InChI=1S/C17H17NO5/c1-8(2)23-11-5-3-4-9-13(11)16(21)14(15(9)20)10-6-7-12(19)18-17(10)22/h3-5,8,10,14H,6-7H2,1-2H3,(H,18,19,22). The molecule has 1 heterocycles. The van der Waals surface area contributed by atoms with Gasteiger partial charge in [-0.1, -0.05) is 12.1 Å². The van der Waals surface area contributed by atoms with Crippen LogP contribution in [0.4, 0.5) is 0 Å². The minimum absolute atomic E-state index is 0.138. The van der Waals surface area contributed by atoms with Gasteiger partial charge in [-0.05, 0) is 26.3 Å². The number of amides is 2. The van der Waals surface area contributed by atoms with Crippen LogP contribution in [0.1, 0.15) is 47.4 Å². The fourth-order valence-electron chi connectivity index (χ4n) is 3.18. The molecule has 0 saturated carbocycles. The van der Waals surface area contributed by atoms with Crippen LogP contribution in [-0.2, 0) is 9.59 Å². The Balaban J connectivity index is 1.98. The second-order valence-electron chi connectivity index (χ2n) is 6.11. The molecule has 0 bridgehead atoms. The Labute approximate surface area is 133 Å². The number of Topliss-reactive ketones (excluding diaryl/α,β-unsaturated/α-hetero) is 2. The van der Waals surface area contributed by atoms with Gasteiger partial charge < -0.3 is 4.74 Å². The number of fused-ring (bicyclic) bond motifs is 1. The molecule has 1 saturated heterocycles. The molecule has 2 aliphatic rings. The molecule has 6 heteroatoms. The number of imide groups is 1. The van der Waals surface area contributed by atoms with Crippen LogP contribution < -0.4 is 10.1 Å². The summed E-state index contributed by atoms with van der Waals surface area (Å²) in [5.74, 6) is -3.17. The number of piperidine rings is 1. The summed E-state index contributed by atoms with van der Waals surface area (Å²) in [7, 11) is 0. The van der Waals surface area contributed by atoms with Crippen molar-refractivity contribution in [3.63, 3.8) is 0 Å². The van der Waals surface area contributed by atoms with E-state index in [1.54, 1.807) is 18.2 Å².